The summed E-state index contributed by atoms with van der Waals surface area (Å²) in [5.74, 6) is 0. The summed E-state index contributed by atoms with van der Waals surface area (Å²) in [6.07, 6.45) is 0. The molecule has 10 rings (SSSR count). The Kier molecular flexibility index (Phi) is 6.61. The topological polar surface area (TPSA) is 3.24 Å². The first-order valence-corrected chi connectivity index (χ1v) is 18.2. The molecule has 3 heteroatoms. The van der Waals surface area contributed by atoms with Gasteiger partial charge in [-0.3, -0.25) is 0 Å². The third-order valence-electron chi connectivity index (χ3n) is 9.61. The van der Waals surface area contributed by atoms with Crippen LogP contribution in [0.2, 0.25) is 0 Å². The van der Waals surface area contributed by atoms with Gasteiger partial charge in [0.05, 0.1) is 0 Å². The first-order chi connectivity index (χ1) is 24.3. The highest BCUT2D eigenvalue weighted by Crippen LogP contribution is 2.45. The number of rotatable bonds is 5. The Hall–Kier alpha value is -5.74. The van der Waals surface area contributed by atoms with Crippen molar-refractivity contribution in [1.29, 1.82) is 0 Å². The highest BCUT2D eigenvalue weighted by molar-refractivity contribution is 7.26. The summed E-state index contributed by atoms with van der Waals surface area (Å²) in [5, 5.41) is 7.68. The van der Waals surface area contributed by atoms with E-state index >= 15 is 0 Å². The summed E-state index contributed by atoms with van der Waals surface area (Å²) in [5.41, 5.74) is 8.27. The maximum Gasteiger partial charge on any atom is 0.0473 e. The van der Waals surface area contributed by atoms with Gasteiger partial charge in [0, 0.05) is 57.4 Å². The average molecular weight is 660 g/mol. The molecular weight excluding hydrogens is 631 g/mol. The largest absolute Gasteiger partial charge is 0.310 e. The monoisotopic (exact) mass is 659 g/mol. The molecule has 0 saturated heterocycles. The Balaban J connectivity index is 1.26. The minimum atomic E-state index is 1.13. The van der Waals surface area contributed by atoms with E-state index in [1.54, 1.807) is 0 Å². The van der Waals surface area contributed by atoms with E-state index in [0.29, 0.717) is 0 Å². The molecule has 0 aliphatic carbocycles. The molecule has 2 heterocycles. The van der Waals surface area contributed by atoms with Crippen molar-refractivity contribution in [3.05, 3.63) is 176 Å². The van der Waals surface area contributed by atoms with E-state index in [0.717, 1.165) is 17.1 Å². The van der Waals surface area contributed by atoms with Gasteiger partial charge in [0.2, 0.25) is 0 Å². The molecule has 0 N–H and O–H groups in total. The van der Waals surface area contributed by atoms with Crippen molar-refractivity contribution in [3.63, 3.8) is 0 Å². The lowest BCUT2D eigenvalue weighted by Crippen LogP contribution is -2.10. The molecule has 0 saturated carbocycles. The van der Waals surface area contributed by atoms with Crippen LogP contribution < -0.4 is 4.90 Å². The zero-order valence-corrected chi connectivity index (χ0v) is 28.1. The number of hydrogen-bond acceptors (Lipinski definition) is 3. The summed E-state index contributed by atoms with van der Waals surface area (Å²) in [7, 11) is 0. The van der Waals surface area contributed by atoms with Crippen LogP contribution in [0, 0.1) is 0 Å². The molecule has 0 spiro atoms. The summed E-state index contributed by atoms with van der Waals surface area (Å²) in [6.45, 7) is 0. The molecule has 49 heavy (non-hydrogen) atoms. The Labute approximate surface area is 292 Å². The van der Waals surface area contributed by atoms with Gasteiger partial charge in [0.1, 0.15) is 0 Å². The Bertz CT molecular complexity index is 2840. The van der Waals surface area contributed by atoms with Crippen LogP contribution in [0.4, 0.5) is 17.1 Å². The second-order valence-electron chi connectivity index (χ2n) is 12.6. The van der Waals surface area contributed by atoms with Crippen LogP contribution >= 0.6 is 22.7 Å². The quantitative estimate of drug-likeness (QED) is 0.178. The number of anilines is 3. The molecule has 0 amide bonds. The third-order valence-corrected chi connectivity index (χ3v) is 12.0. The minimum Gasteiger partial charge on any atom is -0.310 e. The highest BCUT2D eigenvalue weighted by atomic mass is 32.1. The second kappa shape index (κ2) is 11.5. The highest BCUT2D eigenvalue weighted by Gasteiger charge is 2.19. The maximum absolute atomic E-state index is 2.44. The number of thiophene rings is 2. The molecular formula is C46H29NS2. The smallest absolute Gasteiger partial charge is 0.0473 e. The van der Waals surface area contributed by atoms with Crippen molar-refractivity contribution in [3.8, 4) is 22.3 Å². The lowest BCUT2D eigenvalue weighted by Gasteiger charge is -2.27. The van der Waals surface area contributed by atoms with Crippen molar-refractivity contribution in [1.82, 2.24) is 0 Å². The van der Waals surface area contributed by atoms with Crippen LogP contribution in [0.15, 0.2) is 176 Å². The summed E-state index contributed by atoms with van der Waals surface area (Å²) >= 11 is 3.74. The normalized spacial score (nSPS) is 11.7. The molecule has 0 aliphatic rings. The Morgan fingerprint density at radius 2 is 0.959 bits per heavy atom. The molecule has 0 bridgehead atoms. The average Bonchev–Trinajstić information content (AvgIpc) is 3.73. The van der Waals surface area contributed by atoms with Gasteiger partial charge in [-0.05, 0) is 93.7 Å². The number of benzene rings is 8. The fraction of sp³-hybridized carbons (Fsp3) is 0. The summed E-state index contributed by atoms with van der Waals surface area (Å²) in [6, 6.07) is 64.6. The van der Waals surface area contributed by atoms with Crippen molar-refractivity contribution in [2.24, 2.45) is 0 Å². The van der Waals surface area contributed by atoms with E-state index in [1.807, 2.05) is 22.7 Å². The van der Waals surface area contributed by atoms with E-state index < -0.39 is 0 Å². The van der Waals surface area contributed by atoms with E-state index in [4.69, 9.17) is 0 Å². The fourth-order valence-electron chi connectivity index (χ4n) is 7.28. The minimum absolute atomic E-state index is 1.13. The standard InChI is InChI=1S/C46H29NS2/c1-2-11-30(12-3-1)33-25-34(38-17-10-18-41-39-15-6-9-20-44(39)49-46(38)41)28-37(27-33)47(35-22-21-31-13-4-5-14-32(31)26-35)36-23-24-45-42(29-36)40-16-7-8-19-43(40)48-45/h1-29H. The van der Waals surface area contributed by atoms with E-state index in [2.05, 4.69) is 181 Å². The van der Waals surface area contributed by atoms with Crippen LogP contribution in [-0.4, -0.2) is 0 Å². The number of hydrogen-bond donors (Lipinski definition) is 0. The Morgan fingerprint density at radius 1 is 0.327 bits per heavy atom. The number of fused-ring (bicyclic) bond motifs is 7. The lowest BCUT2D eigenvalue weighted by molar-refractivity contribution is 1.30. The van der Waals surface area contributed by atoms with Crippen LogP contribution in [0.5, 0.6) is 0 Å². The van der Waals surface area contributed by atoms with Crippen LogP contribution in [0.1, 0.15) is 0 Å². The molecule has 0 aliphatic heterocycles. The molecule has 0 fully saturated rings. The molecule has 0 unspecified atom stereocenters. The number of nitrogens with zero attached hydrogens (tertiary/aromatic N) is 1. The fourth-order valence-corrected chi connectivity index (χ4v) is 9.61. The van der Waals surface area contributed by atoms with Gasteiger partial charge in [-0.25, -0.2) is 0 Å². The van der Waals surface area contributed by atoms with E-state index in [1.165, 1.54) is 73.4 Å². The SMILES string of the molecule is c1ccc(-c2cc(-c3cccc4c3sc3ccccc34)cc(N(c3ccc4ccccc4c3)c3ccc4sc5ccccc5c4c3)c2)cc1. The summed E-state index contributed by atoms with van der Waals surface area (Å²) in [4.78, 5) is 2.44. The van der Waals surface area contributed by atoms with E-state index in [-0.39, 0.29) is 0 Å². The molecule has 0 radical (unpaired) electrons. The van der Waals surface area contributed by atoms with Gasteiger partial charge >= 0.3 is 0 Å². The van der Waals surface area contributed by atoms with Gasteiger partial charge in [-0.2, -0.15) is 0 Å². The molecule has 2 aromatic heterocycles. The third kappa shape index (κ3) is 4.82. The first-order valence-electron chi connectivity index (χ1n) is 16.6. The molecule has 230 valence electrons. The summed E-state index contributed by atoms with van der Waals surface area (Å²) < 4.78 is 5.26. The van der Waals surface area contributed by atoms with E-state index in [9.17, 15) is 0 Å². The van der Waals surface area contributed by atoms with Gasteiger partial charge < -0.3 is 4.90 Å². The zero-order chi connectivity index (χ0) is 32.3. The Morgan fingerprint density at radius 3 is 1.82 bits per heavy atom. The zero-order valence-electron chi connectivity index (χ0n) is 26.5. The van der Waals surface area contributed by atoms with Crippen molar-refractivity contribution in [2.45, 2.75) is 0 Å². The van der Waals surface area contributed by atoms with Gasteiger partial charge in [-0.15, -0.1) is 22.7 Å². The van der Waals surface area contributed by atoms with Crippen molar-refractivity contribution < 1.29 is 0 Å². The first kappa shape index (κ1) is 28.3. The molecule has 8 aromatic carbocycles. The lowest BCUT2D eigenvalue weighted by atomic mass is 9.96. The predicted octanol–water partition coefficient (Wildman–Crippen LogP) is 14.4. The van der Waals surface area contributed by atoms with Gasteiger partial charge in [-0.1, -0.05) is 115 Å². The molecule has 0 atom stereocenters. The van der Waals surface area contributed by atoms with Crippen LogP contribution in [0.25, 0.3) is 73.4 Å². The molecule has 1 nitrogen and oxygen atoms in total. The van der Waals surface area contributed by atoms with Crippen molar-refractivity contribution in [2.75, 3.05) is 4.90 Å². The maximum atomic E-state index is 2.44. The van der Waals surface area contributed by atoms with Crippen molar-refractivity contribution >= 4 is 90.9 Å². The molecule has 10 aromatic rings. The predicted molar refractivity (Wildman–Crippen MR) is 215 cm³/mol. The van der Waals surface area contributed by atoms with Crippen LogP contribution in [0.3, 0.4) is 0 Å². The van der Waals surface area contributed by atoms with Gasteiger partial charge in [0.15, 0.2) is 0 Å². The van der Waals surface area contributed by atoms with Crippen LogP contribution in [-0.2, 0) is 0 Å². The second-order valence-corrected chi connectivity index (χ2v) is 14.7. The van der Waals surface area contributed by atoms with Gasteiger partial charge in [0.25, 0.3) is 0 Å².